The minimum atomic E-state index is 0.712. The van der Waals surface area contributed by atoms with Crippen LogP contribution in [0, 0.1) is 0 Å². The fourth-order valence-corrected chi connectivity index (χ4v) is 1.06. The lowest BCUT2D eigenvalue weighted by Gasteiger charge is -2.10. The molecule has 1 aliphatic heterocycles. The summed E-state index contributed by atoms with van der Waals surface area (Å²) in [6.07, 6.45) is 6.83. The molecule has 0 bridgehead atoms. The van der Waals surface area contributed by atoms with E-state index in [0.717, 1.165) is 24.4 Å². The Labute approximate surface area is 99.5 Å². The second-order valence-corrected chi connectivity index (χ2v) is 3.60. The van der Waals surface area contributed by atoms with Gasteiger partial charge in [-0.3, -0.25) is 4.99 Å². The zero-order valence-electron chi connectivity index (χ0n) is 11.2. The predicted molar refractivity (Wildman–Crippen MR) is 70.8 cm³/mol. The van der Waals surface area contributed by atoms with Crippen LogP contribution in [0.15, 0.2) is 28.6 Å². The van der Waals surface area contributed by atoms with Crippen LogP contribution in [0.5, 0.6) is 0 Å². The first kappa shape index (κ1) is 14.9. The summed E-state index contributed by atoms with van der Waals surface area (Å²) >= 11 is 0. The molecule has 3 heteroatoms. The van der Waals surface area contributed by atoms with Gasteiger partial charge in [0.25, 0.3) is 0 Å². The molecule has 1 aliphatic rings. The van der Waals surface area contributed by atoms with Gasteiger partial charge in [0.05, 0.1) is 6.21 Å². The lowest BCUT2D eigenvalue weighted by atomic mass is 10.3. The molecular weight excluding hydrogens is 200 g/mol. The molecule has 3 nitrogen and oxygen atoms in total. The van der Waals surface area contributed by atoms with E-state index in [1.54, 1.807) is 6.21 Å². The predicted octanol–water partition coefficient (Wildman–Crippen LogP) is 2.85. The van der Waals surface area contributed by atoms with Crippen molar-refractivity contribution in [2.24, 2.45) is 4.99 Å². The Morgan fingerprint density at radius 1 is 1.31 bits per heavy atom. The minimum absolute atomic E-state index is 0.712. The highest BCUT2D eigenvalue weighted by molar-refractivity contribution is 5.77. The number of hydrogen-bond acceptors (Lipinski definition) is 3. The Morgan fingerprint density at radius 2 is 2.00 bits per heavy atom. The summed E-state index contributed by atoms with van der Waals surface area (Å²) in [5.41, 5.74) is 1.05. The first-order valence-corrected chi connectivity index (χ1v) is 5.87. The van der Waals surface area contributed by atoms with E-state index in [1.807, 2.05) is 34.9 Å². The first-order valence-electron chi connectivity index (χ1n) is 5.87. The number of likely N-dealkylation sites (N-methyl/N-ethyl adjacent to an activating group) is 1. The van der Waals surface area contributed by atoms with Crippen molar-refractivity contribution in [2.45, 2.75) is 27.2 Å². The number of aliphatic imine (C=N–C) groups is 1. The number of rotatable bonds is 4. The maximum absolute atomic E-state index is 5.56. The molecule has 0 radical (unpaired) electrons. The maximum atomic E-state index is 5.56. The number of allylic oxidation sites excluding steroid dienone is 4. The van der Waals surface area contributed by atoms with Gasteiger partial charge in [-0.1, -0.05) is 19.9 Å². The van der Waals surface area contributed by atoms with Gasteiger partial charge in [0, 0.05) is 12.2 Å². The van der Waals surface area contributed by atoms with Gasteiger partial charge in [-0.25, -0.2) is 0 Å². The Morgan fingerprint density at radius 3 is 2.62 bits per heavy atom. The fraction of sp³-hybridized carbons (Fsp3) is 0.615. The second kappa shape index (κ2) is 9.16. The minimum Gasteiger partial charge on any atom is -0.491 e. The van der Waals surface area contributed by atoms with E-state index >= 15 is 0 Å². The molecule has 92 valence electrons. The van der Waals surface area contributed by atoms with Gasteiger partial charge in [0.1, 0.15) is 12.4 Å². The summed E-state index contributed by atoms with van der Waals surface area (Å²) in [5.74, 6) is 0.875. The molecule has 0 unspecified atom stereocenters. The Bertz CT molecular complexity index is 265. The van der Waals surface area contributed by atoms with Crippen molar-refractivity contribution in [3.05, 3.63) is 23.6 Å². The summed E-state index contributed by atoms with van der Waals surface area (Å²) in [6, 6.07) is 0. The van der Waals surface area contributed by atoms with Crippen LogP contribution in [0.2, 0.25) is 0 Å². The molecular formula is C13H24N2O. The topological polar surface area (TPSA) is 24.8 Å². The summed E-state index contributed by atoms with van der Waals surface area (Å²) in [4.78, 5) is 6.33. The molecule has 0 fully saturated rings. The Hall–Kier alpha value is -1.09. The summed E-state index contributed by atoms with van der Waals surface area (Å²) in [7, 11) is 4.06. The number of nitrogens with zero attached hydrogens (tertiary/aromatic N) is 2. The molecule has 0 amide bonds. The molecule has 0 saturated heterocycles. The van der Waals surface area contributed by atoms with E-state index in [9.17, 15) is 0 Å². The van der Waals surface area contributed by atoms with Crippen molar-refractivity contribution in [1.29, 1.82) is 0 Å². The highest BCUT2D eigenvalue weighted by atomic mass is 16.5. The van der Waals surface area contributed by atoms with Crippen molar-refractivity contribution in [3.8, 4) is 0 Å². The van der Waals surface area contributed by atoms with Crippen molar-refractivity contribution < 1.29 is 4.74 Å². The zero-order valence-corrected chi connectivity index (χ0v) is 11.2. The second-order valence-electron chi connectivity index (χ2n) is 3.60. The van der Waals surface area contributed by atoms with Crippen LogP contribution < -0.4 is 0 Å². The van der Waals surface area contributed by atoms with E-state index in [-0.39, 0.29) is 0 Å². The van der Waals surface area contributed by atoms with Crippen LogP contribution in [-0.2, 0) is 4.74 Å². The average molecular weight is 224 g/mol. The third-order valence-electron chi connectivity index (χ3n) is 1.93. The van der Waals surface area contributed by atoms with E-state index in [1.165, 1.54) is 0 Å². The third kappa shape index (κ3) is 7.23. The molecule has 0 aromatic rings. The smallest absolute Gasteiger partial charge is 0.133 e. The van der Waals surface area contributed by atoms with Crippen molar-refractivity contribution in [1.82, 2.24) is 4.90 Å². The molecule has 1 heterocycles. The van der Waals surface area contributed by atoms with Gasteiger partial charge in [-0.15, -0.1) is 0 Å². The van der Waals surface area contributed by atoms with E-state index in [0.29, 0.717) is 6.61 Å². The molecule has 0 aromatic carbocycles. The first-order chi connectivity index (χ1) is 7.68. The van der Waals surface area contributed by atoms with Gasteiger partial charge in [0.15, 0.2) is 0 Å². The van der Waals surface area contributed by atoms with Crippen LogP contribution in [0.3, 0.4) is 0 Å². The van der Waals surface area contributed by atoms with Gasteiger partial charge in [-0.05, 0) is 33.5 Å². The van der Waals surface area contributed by atoms with Crippen molar-refractivity contribution in [2.75, 3.05) is 27.2 Å². The van der Waals surface area contributed by atoms with Gasteiger partial charge in [-0.2, -0.15) is 0 Å². The number of hydrogen-bond donors (Lipinski definition) is 0. The standard InChI is InChI=1S/C11H18N2O.C2H6/c1-10-5-4-6-11(9-12-10)14-8-7-13(2)3;1-2/h5-6,9H,4,7-8H2,1-3H3;1-2H3. The van der Waals surface area contributed by atoms with Gasteiger partial charge in [0.2, 0.25) is 0 Å². The normalized spacial score (nSPS) is 14.6. The third-order valence-corrected chi connectivity index (χ3v) is 1.93. The maximum Gasteiger partial charge on any atom is 0.133 e. The van der Waals surface area contributed by atoms with Crippen LogP contribution in [0.1, 0.15) is 27.2 Å². The van der Waals surface area contributed by atoms with E-state index in [2.05, 4.69) is 22.0 Å². The SMILES string of the molecule is CC.CC1=CCC=C(OCCN(C)C)C=N1. The van der Waals surface area contributed by atoms with Crippen molar-refractivity contribution in [3.63, 3.8) is 0 Å². The quantitative estimate of drug-likeness (QED) is 0.733. The lowest BCUT2D eigenvalue weighted by Crippen LogP contribution is -2.18. The highest BCUT2D eigenvalue weighted by Gasteiger charge is 1.98. The molecule has 0 atom stereocenters. The van der Waals surface area contributed by atoms with Gasteiger partial charge < -0.3 is 9.64 Å². The molecule has 0 aromatic heterocycles. The van der Waals surface area contributed by atoms with Crippen LogP contribution in [0.25, 0.3) is 0 Å². The lowest BCUT2D eigenvalue weighted by molar-refractivity contribution is 0.199. The summed E-state index contributed by atoms with van der Waals surface area (Å²) < 4.78 is 5.56. The van der Waals surface area contributed by atoms with Gasteiger partial charge >= 0.3 is 0 Å². The Kier molecular flexibility index (Phi) is 8.53. The average Bonchev–Trinajstić information content (AvgIpc) is 2.46. The molecule has 0 spiro atoms. The molecule has 0 N–H and O–H groups in total. The molecule has 0 aliphatic carbocycles. The highest BCUT2D eigenvalue weighted by Crippen LogP contribution is 2.06. The van der Waals surface area contributed by atoms with Crippen LogP contribution in [0.4, 0.5) is 0 Å². The monoisotopic (exact) mass is 224 g/mol. The van der Waals surface area contributed by atoms with Crippen LogP contribution >= 0.6 is 0 Å². The fourth-order valence-electron chi connectivity index (χ4n) is 1.06. The zero-order chi connectivity index (χ0) is 12.4. The summed E-state index contributed by atoms with van der Waals surface area (Å²) in [5, 5.41) is 0. The summed E-state index contributed by atoms with van der Waals surface area (Å²) in [6.45, 7) is 7.63. The van der Waals surface area contributed by atoms with E-state index in [4.69, 9.17) is 4.74 Å². The molecule has 16 heavy (non-hydrogen) atoms. The molecule has 0 saturated carbocycles. The van der Waals surface area contributed by atoms with Crippen molar-refractivity contribution >= 4 is 6.21 Å². The largest absolute Gasteiger partial charge is 0.491 e. The van der Waals surface area contributed by atoms with E-state index < -0.39 is 0 Å². The molecule has 1 rings (SSSR count). The van der Waals surface area contributed by atoms with Crippen LogP contribution in [-0.4, -0.2) is 38.4 Å². The number of ether oxygens (including phenoxy) is 1. The Balaban J connectivity index is 0.00000106.